The van der Waals surface area contributed by atoms with Gasteiger partial charge in [0.05, 0.1) is 5.60 Å². The van der Waals surface area contributed by atoms with Crippen LogP contribution in [0.25, 0.3) is 0 Å². The summed E-state index contributed by atoms with van der Waals surface area (Å²) in [7, 11) is 0. The molecule has 13 heavy (non-hydrogen) atoms. The van der Waals surface area contributed by atoms with E-state index in [1.54, 1.807) is 0 Å². The summed E-state index contributed by atoms with van der Waals surface area (Å²) < 4.78 is 5.87. The number of aliphatic carboxylic acids is 1. The van der Waals surface area contributed by atoms with E-state index in [4.69, 9.17) is 4.74 Å². The zero-order valence-electron chi connectivity index (χ0n) is 7.59. The SMILES string of the molecule is CC12CC(C(=O)O)(C1)C1(CNC1)O2. The first kappa shape index (κ1) is 7.76. The van der Waals surface area contributed by atoms with Crippen LogP contribution in [0.4, 0.5) is 0 Å². The second-order valence-electron chi connectivity index (χ2n) is 4.89. The zero-order chi connectivity index (χ0) is 9.32. The van der Waals surface area contributed by atoms with Gasteiger partial charge in [-0.05, 0) is 19.8 Å². The van der Waals surface area contributed by atoms with Gasteiger partial charge in [-0.25, -0.2) is 0 Å². The van der Waals surface area contributed by atoms with Crippen LogP contribution < -0.4 is 5.32 Å². The van der Waals surface area contributed by atoms with Crippen molar-refractivity contribution in [2.24, 2.45) is 5.41 Å². The molecule has 4 fully saturated rings. The Hall–Kier alpha value is -0.610. The number of rotatable bonds is 1. The number of nitrogens with one attached hydrogen (secondary N) is 1. The van der Waals surface area contributed by atoms with Gasteiger partial charge in [0.1, 0.15) is 11.0 Å². The summed E-state index contributed by atoms with van der Waals surface area (Å²) >= 11 is 0. The Morgan fingerprint density at radius 2 is 2.08 bits per heavy atom. The summed E-state index contributed by atoms with van der Waals surface area (Å²) in [4.78, 5) is 11.2. The Kier molecular flexibility index (Phi) is 1.05. The Balaban J connectivity index is 2.02. The normalized spacial score (nSPS) is 49.9. The first-order valence-electron chi connectivity index (χ1n) is 4.66. The van der Waals surface area contributed by atoms with Crippen molar-refractivity contribution in [3.63, 3.8) is 0 Å². The maximum Gasteiger partial charge on any atom is 0.312 e. The number of hydrogen-bond acceptors (Lipinski definition) is 3. The molecule has 1 aliphatic carbocycles. The molecule has 3 heterocycles. The molecule has 1 spiro atoms. The average Bonchev–Trinajstić information content (AvgIpc) is 2.31. The van der Waals surface area contributed by atoms with Crippen LogP contribution in [0.15, 0.2) is 0 Å². The zero-order valence-corrected chi connectivity index (χ0v) is 7.59. The van der Waals surface area contributed by atoms with Crippen molar-refractivity contribution in [1.29, 1.82) is 0 Å². The van der Waals surface area contributed by atoms with Gasteiger partial charge in [-0.15, -0.1) is 0 Å². The molecule has 0 atom stereocenters. The predicted octanol–water partition coefficient (Wildman–Crippen LogP) is -0.0179. The monoisotopic (exact) mass is 183 g/mol. The van der Waals surface area contributed by atoms with Gasteiger partial charge in [-0.3, -0.25) is 4.79 Å². The van der Waals surface area contributed by atoms with Gasteiger partial charge < -0.3 is 15.2 Å². The molecule has 4 heteroatoms. The summed E-state index contributed by atoms with van der Waals surface area (Å²) in [6.07, 6.45) is 1.38. The highest BCUT2D eigenvalue weighted by atomic mass is 16.6. The number of ether oxygens (including phenoxy) is 1. The third-order valence-electron chi connectivity index (χ3n) is 3.90. The summed E-state index contributed by atoms with van der Waals surface area (Å²) in [6, 6.07) is 0. The van der Waals surface area contributed by atoms with E-state index >= 15 is 0 Å². The molecule has 2 N–H and O–H groups in total. The first-order valence-corrected chi connectivity index (χ1v) is 4.66. The molecule has 0 radical (unpaired) electrons. The molecule has 3 saturated heterocycles. The van der Waals surface area contributed by atoms with E-state index in [1.807, 2.05) is 6.92 Å². The van der Waals surface area contributed by atoms with Gasteiger partial charge >= 0.3 is 5.97 Å². The molecule has 0 unspecified atom stereocenters. The molecule has 0 amide bonds. The van der Waals surface area contributed by atoms with E-state index in [0.29, 0.717) is 25.9 Å². The van der Waals surface area contributed by atoms with Crippen molar-refractivity contribution in [3.05, 3.63) is 0 Å². The van der Waals surface area contributed by atoms with Gasteiger partial charge in [0.15, 0.2) is 0 Å². The topological polar surface area (TPSA) is 58.6 Å². The second-order valence-corrected chi connectivity index (χ2v) is 4.89. The van der Waals surface area contributed by atoms with Gasteiger partial charge in [0.25, 0.3) is 0 Å². The van der Waals surface area contributed by atoms with Crippen LogP contribution >= 0.6 is 0 Å². The van der Waals surface area contributed by atoms with Gasteiger partial charge in [0.2, 0.25) is 0 Å². The first-order chi connectivity index (χ1) is 6.02. The summed E-state index contributed by atoms with van der Waals surface area (Å²) in [5.41, 5.74) is -1.11. The van der Waals surface area contributed by atoms with Gasteiger partial charge in [-0.2, -0.15) is 0 Å². The van der Waals surface area contributed by atoms with E-state index in [2.05, 4.69) is 5.32 Å². The van der Waals surface area contributed by atoms with E-state index in [0.717, 1.165) is 0 Å². The highest BCUT2D eigenvalue weighted by Crippen LogP contribution is 2.67. The lowest BCUT2D eigenvalue weighted by molar-refractivity contribution is -0.161. The number of hydrogen-bond donors (Lipinski definition) is 2. The molecular weight excluding hydrogens is 170 g/mol. The fourth-order valence-corrected chi connectivity index (χ4v) is 3.30. The standard InChI is InChI=1S/C9H13NO3/c1-7-2-8(3-7,6(11)12)9(13-7)4-10-5-9/h10H,2-5H2,1H3,(H,11,12). The molecular formula is C9H13NO3. The quantitative estimate of drug-likeness (QED) is 0.600. The maximum atomic E-state index is 11.2. The van der Waals surface area contributed by atoms with E-state index in [-0.39, 0.29) is 11.2 Å². The maximum absolute atomic E-state index is 11.2. The molecule has 4 aliphatic rings. The molecule has 0 aromatic rings. The predicted molar refractivity (Wildman–Crippen MR) is 44.4 cm³/mol. The smallest absolute Gasteiger partial charge is 0.312 e. The Morgan fingerprint density at radius 1 is 1.46 bits per heavy atom. The largest absolute Gasteiger partial charge is 0.481 e. The lowest BCUT2D eigenvalue weighted by Crippen LogP contribution is -2.68. The molecule has 0 aromatic heterocycles. The van der Waals surface area contributed by atoms with Crippen LogP contribution in [-0.2, 0) is 9.53 Å². The fraction of sp³-hybridized carbons (Fsp3) is 0.889. The molecule has 72 valence electrons. The van der Waals surface area contributed by atoms with Crippen molar-refractivity contribution in [3.8, 4) is 0 Å². The molecule has 4 rings (SSSR count). The van der Waals surface area contributed by atoms with Crippen molar-refractivity contribution >= 4 is 5.97 Å². The number of carboxylic acids is 1. The average molecular weight is 183 g/mol. The van der Waals surface area contributed by atoms with E-state index < -0.39 is 11.4 Å². The minimum Gasteiger partial charge on any atom is -0.481 e. The Morgan fingerprint density at radius 3 is 2.38 bits per heavy atom. The minimum atomic E-state index is -0.677. The lowest BCUT2D eigenvalue weighted by Gasteiger charge is -2.47. The highest BCUT2D eigenvalue weighted by Gasteiger charge is 2.78. The molecule has 1 saturated carbocycles. The number of carbonyl (C=O) groups is 1. The van der Waals surface area contributed by atoms with Gasteiger partial charge in [-0.1, -0.05) is 0 Å². The molecule has 2 bridgehead atoms. The lowest BCUT2D eigenvalue weighted by atomic mass is 9.55. The van der Waals surface area contributed by atoms with Crippen LogP contribution in [0.3, 0.4) is 0 Å². The summed E-state index contributed by atoms with van der Waals surface area (Å²) in [5, 5.41) is 12.3. The van der Waals surface area contributed by atoms with E-state index in [1.165, 1.54) is 0 Å². The van der Waals surface area contributed by atoms with Gasteiger partial charge in [0, 0.05) is 13.1 Å². The van der Waals surface area contributed by atoms with Crippen LogP contribution in [-0.4, -0.2) is 35.4 Å². The highest BCUT2D eigenvalue weighted by molar-refractivity contribution is 5.80. The molecule has 4 nitrogen and oxygen atoms in total. The van der Waals surface area contributed by atoms with Crippen LogP contribution in [0.2, 0.25) is 0 Å². The van der Waals surface area contributed by atoms with Crippen molar-refractivity contribution in [1.82, 2.24) is 5.32 Å². The van der Waals surface area contributed by atoms with Crippen molar-refractivity contribution in [2.75, 3.05) is 13.1 Å². The third kappa shape index (κ3) is 0.616. The summed E-state index contributed by atoms with van der Waals surface area (Å²) in [5.74, 6) is -0.677. The fourth-order valence-electron chi connectivity index (χ4n) is 3.30. The van der Waals surface area contributed by atoms with Crippen LogP contribution in [0.5, 0.6) is 0 Å². The number of carboxylic acid groups (broad SMARTS) is 1. The molecule has 3 aliphatic heterocycles. The summed E-state index contributed by atoms with van der Waals surface area (Å²) in [6.45, 7) is 3.42. The van der Waals surface area contributed by atoms with Crippen molar-refractivity contribution in [2.45, 2.75) is 31.0 Å². The van der Waals surface area contributed by atoms with Crippen LogP contribution in [0.1, 0.15) is 19.8 Å². The second kappa shape index (κ2) is 1.77. The minimum absolute atomic E-state index is 0.152. The Labute approximate surface area is 76.3 Å². The Bertz CT molecular complexity index is 289. The van der Waals surface area contributed by atoms with Crippen LogP contribution in [0, 0.1) is 5.41 Å². The van der Waals surface area contributed by atoms with E-state index in [9.17, 15) is 9.90 Å². The van der Waals surface area contributed by atoms with Crippen molar-refractivity contribution < 1.29 is 14.6 Å². The third-order valence-corrected chi connectivity index (χ3v) is 3.90. The molecule has 0 aromatic carbocycles.